The van der Waals surface area contributed by atoms with Gasteiger partial charge in [-0.15, -0.1) is 11.3 Å². The van der Waals surface area contributed by atoms with E-state index in [1.807, 2.05) is 39.8 Å². The summed E-state index contributed by atoms with van der Waals surface area (Å²) in [6, 6.07) is 7.14. The van der Waals surface area contributed by atoms with E-state index in [0.29, 0.717) is 5.56 Å². The molecule has 1 amide bonds. The van der Waals surface area contributed by atoms with Gasteiger partial charge in [-0.05, 0) is 45.9 Å². The van der Waals surface area contributed by atoms with Gasteiger partial charge in [-0.2, -0.15) is 5.10 Å². The van der Waals surface area contributed by atoms with Gasteiger partial charge >= 0.3 is 7.12 Å². The van der Waals surface area contributed by atoms with Crippen molar-refractivity contribution in [2.24, 2.45) is 5.10 Å². The number of pyridine rings is 1. The van der Waals surface area contributed by atoms with E-state index in [4.69, 9.17) is 9.31 Å². The van der Waals surface area contributed by atoms with Crippen LogP contribution in [-0.2, 0) is 9.31 Å². The number of hydrogen-bond acceptors (Lipinski definition) is 6. The van der Waals surface area contributed by atoms with Crippen molar-refractivity contribution in [3.63, 3.8) is 0 Å². The molecule has 1 fully saturated rings. The molecule has 0 unspecified atom stereocenters. The predicted molar refractivity (Wildman–Crippen MR) is 99.3 cm³/mol. The summed E-state index contributed by atoms with van der Waals surface area (Å²) in [5.74, 6) is -0.276. The molecule has 3 rings (SSSR count). The summed E-state index contributed by atoms with van der Waals surface area (Å²) in [6.07, 6.45) is 4.74. The van der Waals surface area contributed by atoms with Gasteiger partial charge in [0.1, 0.15) is 0 Å². The molecule has 2 aromatic rings. The van der Waals surface area contributed by atoms with Gasteiger partial charge < -0.3 is 9.31 Å². The van der Waals surface area contributed by atoms with E-state index in [-0.39, 0.29) is 24.2 Å². The molecule has 8 heteroatoms. The number of thiophene rings is 1. The van der Waals surface area contributed by atoms with Gasteiger partial charge in [0.15, 0.2) is 0 Å². The second-order valence-electron chi connectivity index (χ2n) is 6.76. The van der Waals surface area contributed by atoms with E-state index in [1.54, 1.807) is 30.7 Å². The Morgan fingerprint density at radius 2 is 1.80 bits per heavy atom. The lowest BCUT2D eigenvalue weighted by atomic mass is 9.88. The molecular weight excluding hydrogens is 337 g/mol. The molecular formula is C17H20BN3O3S. The molecule has 6 nitrogen and oxygen atoms in total. The van der Waals surface area contributed by atoms with Crippen molar-refractivity contribution in [3.8, 4) is 0 Å². The third-order valence-electron chi connectivity index (χ3n) is 4.43. The maximum absolute atomic E-state index is 11.9. The monoisotopic (exact) mass is 357 g/mol. The van der Waals surface area contributed by atoms with Gasteiger partial charge in [0.25, 0.3) is 5.91 Å². The Bertz CT molecular complexity index is 773. The molecule has 0 spiro atoms. The highest BCUT2D eigenvalue weighted by atomic mass is 32.1. The van der Waals surface area contributed by atoms with Gasteiger partial charge in [-0.1, -0.05) is 6.07 Å². The molecule has 2 aromatic heterocycles. The molecule has 25 heavy (non-hydrogen) atoms. The Morgan fingerprint density at radius 1 is 1.16 bits per heavy atom. The van der Waals surface area contributed by atoms with E-state index in [0.717, 1.165) is 9.65 Å². The minimum Gasteiger partial charge on any atom is -0.399 e. The van der Waals surface area contributed by atoms with Crippen molar-refractivity contribution < 1.29 is 14.1 Å². The zero-order valence-corrected chi connectivity index (χ0v) is 15.5. The molecule has 0 radical (unpaired) electrons. The Balaban J connectivity index is 1.62. The van der Waals surface area contributed by atoms with Crippen LogP contribution in [0.2, 0.25) is 0 Å². The van der Waals surface area contributed by atoms with Crippen LogP contribution in [0.4, 0.5) is 0 Å². The third kappa shape index (κ3) is 3.81. The first-order valence-electron chi connectivity index (χ1n) is 7.97. The van der Waals surface area contributed by atoms with Crippen LogP contribution in [-0.4, -0.2) is 35.4 Å². The highest BCUT2D eigenvalue weighted by Crippen LogP contribution is 2.36. The maximum atomic E-state index is 11.9. The van der Waals surface area contributed by atoms with Crippen molar-refractivity contribution in [2.75, 3.05) is 0 Å². The van der Waals surface area contributed by atoms with Crippen molar-refractivity contribution in [1.82, 2.24) is 10.4 Å². The van der Waals surface area contributed by atoms with Crippen LogP contribution in [0.1, 0.15) is 42.9 Å². The molecule has 1 aliphatic rings. The number of hydrazone groups is 1. The van der Waals surface area contributed by atoms with Crippen molar-refractivity contribution >= 4 is 35.4 Å². The first-order chi connectivity index (χ1) is 11.8. The first kappa shape index (κ1) is 17.8. The molecule has 3 heterocycles. The van der Waals surface area contributed by atoms with Crippen LogP contribution >= 0.6 is 11.3 Å². The van der Waals surface area contributed by atoms with Gasteiger partial charge in [0.05, 0.1) is 17.4 Å². The number of aromatic nitrogens is 1. The fourth-order valence-electron chi connectivity index (χ4n) is 2.25. The SMILES string of the molecule is CC1(C)OB(c2ccc(/C=N/NC(=O)c3ccncc3)s2)OC1(C)C. The molecule has 1 saturated heterocycles. The lowest BCUT2D eigenvalue weighted by Gasteiger charge is -2.32. The minimum absolute atomic E-state index is 0.276. The summed E-state index contributed by atoms with van der Waals surface area (Å²) in [5, 5.41) is 4.00. The Kier molecular flexibility index (Phi) is 4.77. The zero-order valence-electron chi connectivity index (χ0n) is 14.6. The number of nitrogens with one attached hydrogen (secondary N) is 1. The summed E-state index contributed by atoms with van der Waals surface area (Å²) in [6.45, 7) is 8.10. The van der Waals surface area contributed by atoms with E-state index in [1.165, 1.54) is 11.3 Å². The molecule has 130 valence electrons. The minimum atomic E-state index is -0.386. The zero-order chi connectivity index (χ0) is 18.1. The van der Waals surface area contributed by atoms with Gasteiger partial charge in [0, 0.05) is 27.6 Å². The molecule has 0 bridgehead atoms. The second-order valence-corrected chi connectivity index (χ2v) is 7.91. The molecule has 0 saturated carbocycles. The van der Waals surface area contributed by atoms with E-state index in [9.17, 15) is 4.79 Å². The average Bonchev–Trinajstić information content (AvgIpc) is 3.11. The van der Waals surface area contributed by atoms with Crippen LogP contribution in [0.25, 0.3) is 0 Å². The number of hydrogen-bond donors (Lipinski definition) is 1. The van der Waals surface area contributed by atoms with Gasteiger partial charge in [-0.25, -0.2) is 5.43 Å². The van der Waals surface area contributed by atoms with Crippen LogP contribution in [0, 0.1) is 0 Å². The quantitative estimate of drug-likeness (QED) is 0.517. The van der Waals surface area contributed by atoms with Crippen LogP contribution in [0.15, 0.2) is 41.8 Å². The molecule has 0 aliphatic carbocycles. The maximum Gasteiger partial charge on any atom is 0.505 e. The number of rotatable bonds is 4. The summed E-state index contributed by atoms with van der Waals surface area (Å²) in [7, 11) is -0.386. The fraction of sp³-hybridized carbons (Fsp3) is 0.353. The number of carbonyl (C=O) groups excluding carboxylic acids is 1. The average molecular weight is 357 g/mol. The van der Waals surface area contributed by atoms with E-state index in [2.05, 4.69) is 15.5 Å². The summed E-state index contributed by atoms with van der Waals surface area (Å²) >= 11 is 1.52. The van der Waals surface area contributed by atoms with Crippen LogP contribution in [0.3, 0.4) is 0 Å². The van der Waals surface area contributed by atoms with Crippen molar-refractivity contribution in [2.45, 2.75) is 38.9 Å². The molecule has 0 atom stereocenters. The summed E-state index contributed by atoms with van der Waals surface area (Å²) < 4.78 is 13.0. The summed E-state index contributed by atoms with van der Waals surface area (Å²) in [5.41, 5.74) is 2.28. The molecule has 0 aromatic carbocycles. The Morgan fingerprint density at radius 3 is 2.44 bits per heavy atom. The second kappa shape index (κ2) is 6.70. The molecule has 1 N–H and O–H groups in total. The van der Waals surface area contributed by atoms with E-state index >= 15 is 0 Å². The van der Waals surface area contributed by atoms with Gasteiger partial charge in [0.2, 0.25) is 0 Å². The number of amides is 1. The van der Waals surface area contributed by atoms with Crippen molar-refractivity contribution in [1.29, 1.82) is 0 Å². The lowest BCUT2D eigenvalue weighted by molar-refractivity contribution is 0.00578. The fourth-order valence-corrected chi connectivity index (χ4v) is 3.09. The Labute approximate surface area is 151 Å². The van der Waals surface area contributed by atoms with Crippen LogP contribution in [0.5, 0.6) is 0 Å². The normalized spacial score (nSPS) is 18.6. The topological polar surface area (TPSA) is 72.8 Å². The number of nitrogens with zero attached hydrogens (tertiary/aromatic N) is 2. The van der Waals surface area contributed by atoms with Gasteiger partial charge in [-0.3, -0.25) is 9.78 Å². The molecule has 1 aliphatic heterocycles. The highest BCUT2D eigenvalue weighted by Gasteiger charge is 2.52. The first-order valence-corrected chi connectivity index (χ1v) is 8.79. The summed E-state index contributed by atoms with van der Waals surface area (Å²) in [4.78, 5) is 16.7. The lowest BCUT2D eigenvalue weighted by Crippen LogP contribution is -2.41. The smallest absolute Gasteiger partial charge is 0.399 e. The Hall–Kier alpha value is -2.03. The van der Waals surface area contributed by atoms with Crippen LogP contribution < -0.4 is 10.2 Å². The highest BCUT2D eigenvalue weighted by molar-refractivity contribution is 7.23. The largest absolute Gasteiger partial charge is 0.505 e. The third-order valence-corrected chi connectivity index (χ3v) is 5.47. The predicted octanol–water partition coefficient (Wildman–Crippen LogP) is 2.21. The van der Waals surface area contributed by atoms with E-state index < -0.39 is 0 Å². The van der Waals surface area contributed by atoms with Crippen molar-refractivity contribution in [3.05, 3.63) is 47.1 Å². The number of carbonyl (C=O) groups is 1. The standard InChI is InChI=1S/C17H20BN3O3S/c1-16(2)17(3,4)24-18(23-16)14-6-5-13(25-14)11-20-21-15(22)12-7-9-19-10-8-12/h5-11H,1-4H3,(H,21,22)/b20-11+.